The molecule has 1 N–H and O–H groups in total. The number of hydrogen-bond acceptors (Lipinski definition) is 4. The van der Waals surface area contributed by atoms with E-state index in [1.165, 1.54) is 25.2 Å². The van der Waals surface area contributed by atoms with E-state index in [2.05, 4.69) is 5.32 Å². The molecule has 0 spiro atoms. The number of nitrogens with one attached hydrogen (secondary N) is 1. The molecule has 2 amide bonds. The van der Waals surface area contributed by atoms with Gasteiger partial charge in [-0.05, 0) is 23.8 Å². The molecule has 0 saturated heterocycles. The van der Waals surface area contributed by atoms with Gasteiger partial charge in [0.25, 0.3) is 21.8 Å². The van der Waals surface area contributed by atoms with Crippen LogP contribution in [-0.4, -0.2) is 31.6 Å². The Kier molecular flexibility index (Phi) is 3.65. The summed E-state index contributed by atoms with van der Waals surface area (Å²) in [5.41, 5.74) is 1.23. The molecule has 1 aliphatic heterocycles. The summed E-state index contributed by atoms with van der Waals surface area (Å²) in [4.78, 5) is 23.9. The molecule has 0 bridgehead atoms. The summed E-state index contributed by atoms with van der Waals surface area (Å²) >= 11 is 0. The average molecular weight is 330 g/mol. The van der Waals surface area contributed by atoms with Gasteiger partial charge in [-0.3, -0.25) is 9.59 Å². The zero-order chi connectivity index (χ0) is 16.6. The second-order valence-electron chi connectivity index (χ2n) is 5.16. The van der Waals surface area contributed by atoms with E-state index in [9.17, 15) is 18.0 Å². The Morgan fingerprint density at radius 3 is 2.52 bits per heavy atom. The number of sulfonamides is 1. The normalized spacial score (nSPS) is 15.3. The van der Waals surface area contributed by atoms with Crippen LogP contribution in [0.2, 0.25) is 0 Å². The second-order valence-corrected chi connectivity index (χ2v) is 7.09. The Labute approximate surface area is 133 Å². The first-order valence-corrected chi connectivity index (χ1v) is 8.34. The predicted octanol–water partition coefficient (Wildman–Crippen LogP) is 1.39. The zero-order valence-corrected chi connectivity index (χ0v) is 13.1. The Balaban J connectivity index is 1.84. The van der Waals surface area contributed by atoms with E-state index in [1.807, 2.05) is 30.3 Å². The molecule has 0 unspecified atom stereocenters. The molecule has 6 nitrogen and oxygen atoms in total. The van der Waals surface area contributed by atoms with Crippen molar-refractivity contribution < 1.29 is 18.0 Å². The van der Waals surface area contributed by atoms with Gasteiger partial charge in [-0.2, -0.15) is 0 Å². The average Bonchev–Trinajstić information content (AvgIpc) is 2.74. The molecule has 2 aromatic carbocycles. The monoisotopic (exact) mass is 330 g/mol. The molecular weight excluding hydrogens is 316 g/mol. The van der Waals surface area contributed by atoms with E-state index < -0.39 is 21.8 Å². The van der Waals surface area contributed by atoms with Crippen molar-refractivity contribution in [2.45, 2.75) is 11.4 Å². The minimum absolute atomic E-state index is 0.0899. The fourth-order valence-corrected chi connectivity index (χ4v) is 3.68. The molecule has 2 aromatic rings. The topological polar surface area (TPSA) is 83.6 Å². The van der Waals surface area contributed by atoms with Crippen molar-refractivity contribution in [3.8, 4) is 0 Å². The van der Waals surface area contributed by atoms with Crippen molar-refractivity contribution in [2.24, 2.45) is 0 Å². The highest BCUT2D eigenvalue weighted by atomic mass is 32.2. The van der Waals surface area contributed by atoms with Crippen molar-refractivity contribution in [2.75, 3.05) is 7.05 Å². The fraction of sp³-hybridized carbons (Fsp3) is 0.125. The molecule has 0 atom stereocenters. The van der Waals surface area contributed by atoms with Crippen LogP contribution in [0.5, 0.6) is 0 Å². The van der Waals surface area contributed by atoms with Gasteiger partial charge in [0, 0.05) is 19.2 Å². The molecule has 7 heteroatoms. The largest absolute Gasteiger partial charge is 0.348 e. The molecule has 1 heterocycles. The zero-order valence-electron chi connectivity index (χ0n) is 12.3. The van der Waals surface area contributed by atoms with E-state index in [0.29, 0.717) is 10.8 Å². The lowest BCUT2D eigenvalue weighted by atomic mass is 10.1. The SMILES string of the molecule is CN1C(=O)c2ccc(C(=O)NCc3ccccc3)cc2S1(=O)=O. The first kappa shape index (κ1) is 15.2. The molecule has 3 rings (SSSR count). The number of carbonyl (C=O) groups excluding carboxylic acids is 2. The number of rotatable bonds is 3. The summed E-state index contributed by atoms with van der Waals surface area (Å²) in [6.45, 7) is 0.336. The molecule has 0 saturated carbocycles. The third-order valence-electron chi connectivity index (χ3n) is 3.69. The Hall–Kier alpha value is -2.67. The summed E-state index contributed by atoms with van der Waals surface area (Å²) in [6, 6.07) is 13.4. The van der Waals surface area contributed by atoms with E-state index in [-0.39, 0.29) is 16.0 Å². The van der Waals surface area contributed by atoms with E-state index in [0.717, 1.165) is 5.56 Å². The second kappa shape index (κ2) is 5.51. The summed E-state index contributed by atoms with van der Waals surface area (Å²) in [7, 11) is -2.65. The molecule has 0 aromatic heterocycles. The van der Waals surface area contributed by atoms with E-state index in [4.69, 9.17) is 0 Å². The molecule has 0 fully saturated rings. The quantitative estimate of drug-likeness (QED) is 0.922. The highest BCUT2D eigenvalue weighted by molar-refractivity contribution is 7.90. The maximum Gasteiger partial charge on any atom is 0.268 e. The lowest BCUT2D eigenvalue weighted by Crippen LogP contribution is -2.25. The maximum atomic E-state index is 12.2. The summed E-state index contributed by atoms with van der Waals surface area (Å²) in [6.07, 6.45) is 0. The van der Waals surface area contributed by atoms with Gasteiger partial charge in [-0.1, -0.05) is 30.3 Å². The van der Waals surface area contributed by atoms with Crippen LogP contribution in [0.15, 0.2) is 53.4 Å². The van der Waals surface area contributed by atoms with Gasteiger partial charge < -0.3 is 5.32 Å². The fourth-order valence-electron chi connectivity index (χ4n) is 2.36. The molecule has 1 aliphatic rings. The van der Waals surface area contributed by atoms with Crippen LogP contribution in [0.4, 0.5) is 0 Å². The van der Waals surface area contributed by atoms with Crippen molar-refractivity contribution in [3.05, 3.63) is 65.2 Å². The summed E-state index contributed by atoms with van der Waals surface area (Å²) < 4.78 is 24.9. The van der Waals surface area contributed by atoms with Crippen molar-refractivity contribution in [1.29, 1.82) is 0 Å². The number of nitrogens with zero attached hydrogens (tertiary/aromatic N) is 1. The highest BCUT2D eigenvalue weighted by Crippen LogP contribution is 2.29. The Bertz CT molecular complexity index is 892. The number of amides is 2. The molecule has 0 radical (unpaired) electrons. The Morgan fingerprint density at radius 1 is 1.13 bits per heavy atom. The van der Waals surface area contributed by atoms with Crippen molar-refractivity contribution in [3.63, 3.8) is 0 Å². The summed E-state index contributed by atoms with van der Waals surface area (Å²) in [5.74, 6) is -0.981. The molecule has 118 valence electrons. The first-order chi connectivity index (χ1) is 10.9. The maximum absolute atomic E-state index is 12.2. The number of carbonyl (C=O) groups is 2. The number of benzene rings is 2. The minimum atomic E-state index is -3.85. The third kappa shape index (κ3) is 2.59. The van der Waals surface area contributed by atoms with Gasteiger partial charge in [0.15, 0.2) is 0 Å². The number of hydrogen-bond donors (Lipinski definition) is 1. The molecular formula is C16H14N2O4S. The van der Waals surface area contributed by atoms with Crippen LogP contribution < -0.4 is 5.32 Å². The predicted molar refractivity (Wildman–Crippen MR) is 83.3 cm³/mol. The van der Waals surface area contributed by atoms with Crippen LogP contribution in [0.1, 0.15) is 26.3 Å². The Morgan fingerprint density at radius 2 is 1.83 bits per heavy atom. The van der Waals surface area contributed by atoms with Gasteiger partial charge >= 0.3 is 0 Å². The lowest BCUT2D eigenvalue weighted by Gasteiger charge is -2.07. The first-order valence-electron chi connectivity index (χ1n) is 6.90. The van der Waals surface area contributed by atoms with E-state index >= 15 is 0 Å². The smallest absolute Gasteiger partial charge is 0.268 e. The van der Waals surface area contributed by atoms with Crippen LogP contribution >= 0.6 is 0 Å². The summed E-state index contributed by atoms with van der Waals surface area (Å²) in [5, 5.41) is 2.72. The van der Waals surface area contributed by atoms with Crippen LogP contribution in [0, 0.1) is 0 Å². The van der Waals surface area contributed by atoms with Crippen LogP contribution in [0.3, 0.4) is 0 Å². The third-order valence-corrected chi connectivity index (χ3v) is 5.48. The van der Waals surface area contributed by atoms with Crippen molar-refractivity contribution >= 4 is 21.8 Å². The molecule has 23 heavy (non-hydrogen) atoms. The van der Waals surface area contributed by atoms with Gasteiger partial charge in [0.2, 0.25) is 0 Å². The standard InChI is InChI=1S/C16H14N2O4S/c1-18-16(20)13-8-7-12(9-14(13)23(18,21)22)15(19)17-10-11-5-3-2-4-6-11/h2-9H,10H2,1H3,(H,17,19). The van der Waals surface area contributed by atoms with Crippen molar-refractivity contribution in [1.82, 2.24) is 9.62 Å². The van der Waals surface area contributed by atoms with Gasteiger partial charge in [-0.25, -0.2) is 12.7 Å². The van der Waals surface area contributed by atoms with E-state index in [1.54, 1.807) is 0 Å². The van der Waals surface area contributed by atoms with Gasteiger partial charge in [-0.15, -0.1) is 0 Å². The minimum Gasteiger partial charge on any atom is -0.348 e. The van der Waals surface area contributed by atoms with Gasteiger partial charge in [0.05, 0.1) is 5.56 Å². The lowest BCUT2D eigenvalue weighted by molar-refractivity contribution is 0.0889. The van der Waals surface area contributed by atoms with Crippen LogP contribution in [-0.2, 0) is 16.6 Å². The highest BCUT2D eigenvalue weighted by Gasteiger charge is 2.38. The molecule has 0 aliphatic carbocycles. The van der Waals surface area contributed by atoms with Crippen LogP contribution in [0.25, 0.3) is 0 Å². The number of fused-ring (bicyclic) bond motifs is 1. The van der Waals surface area contributed by atoms with Gasteiger partial charge in [0.1, 0.15) is 4.90 Å².